The maximum absolute atomic E-state index is 13.0. The Balaban J connectivity index is 1.59. The Bertz CT molecular complexity index is 595. The molecule has 3 nitrogen and oxygen atoms in total. The number of benzene rings is 1. The molecular weight excluding hydrogens is 262 g/mol. The molecule has 1 aromatic rings. The Morgan fingerprint density at radius 2 is 2.10 bits per heavy atom. The zero-order valence-electron chi connectivity index (χ0n) is 12.4. The van der Waals surface area contributed by atoms with E-state index in [1.807, 2.05) is 23.1 Å². The highest BCUT2D eigenvalue weighted by molar-refractivity contribution is 5.80. The summed E-state index contributed by atoms with van der Waals surface area (Å²) in [5.74, 6) is 2.53. The molecule has 3 aliphatic rings. The average molecular weight is 283 g/mol. The molecule has 4 rings (SSSR count). The minimum Gasteiger partial charge on any atom is -0.491 e. The molecule has 1 aromatic carbocycles. The predicted octanol–water partition coefficient (Wildman–Crippen LogP) is 3.01. The molecule has 0 aromatic heterocycles. The van der Waals surface area contributed by atoms with Gasteiger partial charge in [0.2, 0.25) is 5.91 Å². The second kappa shape index (κ2) is 4.90. The Morgan fingerprint density at radius 3 is 2.86 bits per heavy atom. The zero-order chi connectivity index (χ0) is 14.4. The molecule has 4 atom stereocenters. The third kappa shape index (κ3) is 2.15. The summed E-state index contributed by atoms with van der Waals surface area (Å²) in [5.41, 5.74) is 1.12. The summed E-state index contributed by atoms with van der Waals surface area (Å²) in [6.45, 7) is 3.35. The fourth-order valence-corrected chi connectivity index (χ4v) is 3.99. The number of carbonyl (C=O) groups is 1. The molecule has 3 heteroatoms. The lowest BCUT2D eigenvalue weighted by atomic mass is 9.91. The van der Waals surface area contributed by atoms with Crippen LogP contribution in [0.15, 0.2) is 36.4 Å². The number of fused-ring (bicyclic) bond motifs is 3. The Kier molecular flexibility index (Phi) is 3.02. The van der Waals surface area contributed by atoms with Gasteiger partial charge in [-0.3, -0.25) is 4.79 Å². The van der Waals surface area contributed by atoms with E-state index in [1.54, 1.807) is 0 Å². The molecule has 2 aliphatic carbocycles. The van der Waals surface area contributed by atoms with Gasteiger partial charge in [0.15, 0.2) is 0 Å². The maximum atomic E-state index is 13.0. The second-order valence-electron chi connectivity index (χ2n) is 6.62. The van der Waals surface area contributed by atoms with Crippen molar-refractivity contribution in [2.75, 3.05) is 6.61 Å². The summed E-state index contributed by atoms with van der Waals surface area (Å²) in [6, 6.07) is 8.20. The number of para-hydroxylation sites is 1. The summed E-state index contributed by atoms with van der Waals surface area (Å²) in [6.07, 6.45) is 6.75. The van der Waals surface area contributed by atoms with Crippen molar-refractivity contribution < 1.29 is 9.53 Å². The molecule has 1 aliphatic heterocycles. The van der Waals surface area contributed by atoms with Crippen LogP contribution >= 0.6 is 0 Å². The predicted molar refractivity (Wildman–Crippen MR) is 80.8 cm³/mol. The molecule has 2 bridgehead atoms. The van der Waals surface area contributed by atoms with Gasteiger partial charge in [-0.25, -0.2) is 0 Å². The van der Waals surface area contributed by atoms with Crippen LogP contribution in [0.4, 0.5) is 0 Å². The Morgan fingerprint density at radius 1 is 1.24 bits per heavy atom. The number of carbonyl (C=O) groups excluding carboxylic acids is 1. The van der Waals surface area contributed by atoms with Gasteiger partial charge in [-0.2, -0.15) is 0 Å². The molecule has 0 spiro atoms. The first-order valence-electron chi connectivity index (χ1n) is 7.92. The van der Waals surface area contributed by atoms with E-state index in [0.717, 1.165) is 17.7 Å². The van der Waals surface area contributed by atoms with Crippen molar-refractivity contribution in [1.82, 2.24) is 4.90 Å². The molecule has 0 unspecified atom stereocenters. The average Bonchev–Trinajstić information content (AvgIpc) is 3.09. The quantitative estimate of drug-likeness (QED) is 0.742. The zero-order valence-corrected chi connectivity index (χ0v) is 12.4. The van der Waals surface area contributed by atoms with Crippen molar-refractivity contribution in [2.24, 2.45) is 17.8 Å². The van der Waals surface area contributed by atoms with Crippen molar-refractivity contribution in [3.8, 4) is 5.75 Å². The van der Waals surface area contributed by atoms with E-state index in [4.69, 9.17) is 4.74 Å². The second-order valence-corrected chi connectivity index (χ2v) is 6.62. The molecular formula is C18H21NO2. The molecule has 1 fully saturated rings. The number of allylic oxidation sites excluding steroid dienone is 2. The van der Waals surface area contributed by atoms with Crippen LogP contribution in [0.2, 0.25) is 0 Å². The maximum Gasteiger partial charge on any atom is 0.226 e. The number of amides is 1. The molecule has 21 heavy (non-hydrogen) atoms. The van der Waals surface area contributed by atoms with Gasteiger partial charge >= 0.3 is 0 Å². The van der Waals surface area contributed by atoms with Crippen molar-refractivity contribution in [2.45, 2.75) is 32.4 Å². The van der Waals surface area contributed by atoms with E-state index >= 15 is 0 Å². The van der Waals surface area contributed by atoms with Crippen LogP contribution in [-0.2, 0) is 11.3 Å². The smallest absolute Gasteiger partial charge is 0.226 e. The summed E-state index contributed by atoms with van der Waals surface area (Å²) >= 11 is 0. The lowest BCUT2D eigenvalue weighted by Gasteiger charge is -2.31. The summed E-state index contributed by atoms with van der Waals surface area (Å²) < 4.78 is 5.86. The van der Waals surface area contributed by atoms with Crippen molar-refractivity contribution in [1.29, 1.82) is 0 Å². The van der Waals surface area contributed by atoms with Crippen molar-refractivity contribution >= 4 is 5.91 Å². The van der Waals surface area contributed by atoms with Crippen LogP contribution in [0.25, 0.3) is 0 Å². The van der Waals surface area contributed by atoms with Crippen LogP contribution in [0.5, 0.6) is 5.75 Å². The minimum atomic E-state index is 0.132. The highest BCUT2D eigenvalue weighted by atomic mass is 16.5. The fourth-order valence-electron chi connectivity index (χ4n) is 3.99. The summed E-state index contributed by atoms with van der Waals surface area (Å²) in [4.78, 5) is 15.0. The van der Waals surface area contributed by atoms with E-state index in [1.165, 1.54) is 6.42 Å². The topological polar surface area (TPSA) is 29.5 Å². The van der Waals surface area contributed by atoms with Crippen LogP contribution in [0.1, 0.15) is 25.3 Å². The van der Waals surface area contributed by atoms with Crippen molar-refractivity contribution in [3.05, 3.63) is 42.0 Å². The van der Waals surface area contributed by atoms with Gasteiger partial charge in [0, 0.05) is 18.0 Å². The highest BCUT2D eigenvalue weighted by Crippen LogP contribution is 2.44. The number of hydrogen-bond donors (Lipinski definition) is 0. The van der Waals surface area contributed by atoms with Crippen LogP contribution in [0.3, 0.4) is 0 Å². The third-order valence-electron chi connectivity index (χ3n) is 5.20. The molecule has 0 saturated heterocycles. The molecule has 1 amide bonds. The SMILES string of the molecule is C[C@@H]1COc2ccccc2CN1C(=O)[C@@H]1C[C@H]2C=C[C@H]1C2. The molecule has 110 valence electrons. The lowest BCUT2D eigenvalue weighted by Crippen LogP contribution is -2.44. The van der Waals surface area contributed by atoms with Crippen molar-refractivity contribution in [3.63, 3.8) is 0 Å². The first-order valence-corrected chi connectivity index (χ1v) is 7.92. The monoisotopic (exact) mass is 283 g/mol. The van der Waals surface area contributed by atoms with Gasteiger partial charge in [0.1, 0.15) is 12.4 Å². The number of nitrogens with zero attached hydrogens (tertiary/aromatic N) is 1. The van der Waals surface area contributed by atoms with Gasteiger partial charge in [-0.15, -0.1) is 0 Å². The van der Waals surface area contributed by atoms with Gasteiger partial charge in [0.05, 0.1) is 6.04 Å². The van der Waals surface area contributed by atoms with Gasteiger partial charge in [-0.05, 0) is 37.7 Å². The minimum absolute atomic E-state index is 0.132. The third-order valence-corrected chi connectivity index (χ3v) is 5.20. The van der Waals surface area contributed by atoms with E-state index in [2.05, 4.69) is 25.1 Å². The normalized spacial score (nSPS) is 33.5. The van der Waals surface area contributed by atoms with Gasteiger partial charge < -0.3 is 9.64 Å². The number of hydrogen-bond acceptors (Lipinski definition) is 2. The highest BCUT2D eigenvalue weighted by Gasteiger charge is 2.42. The Hall–Kier alpha value is -1.77. The fraction of sp³-hybridized carbons (Fsp3) is 0.500. The van der Waals surface area contributed by atoms with Crippen LogP contribution in [0, 0.1) is 17.8 Å². The standard InChI is InChI=1S/C18H21NO2/c1-12-11-21-17-5-3-2-4-15(17)10-19(12)18(20)16-9-13-6-7-14(16)8-13/h2-7,12-14,16H,8-11H2,1H3/t12-,13+,14+,16-/m1/s1. The summed E-state index contributed by atoms with van der Waals surface area (Å²) in [5, 5.41) is 0. The lowest BCUT2D eigenvalue weighted by molar-refractivity contribution is -0.139. The largest absolute Gasteiger partial charge is 0.491 e. The molecule has 0 radical (unpaired) electrons. The Labute approximate surface area is 125 Å². The number of rotatable bonds is 1. The first-order chi connectivity index (χ1) is 10.2. The van der Waals surface area contributed by atoms with E-state index in [9.17, 15) is 4.79 Å². The van der Waals surface area contributed by atoms with E-state index in [0.29, 0.717) is 30.9 Å². The first kappa shape index (κ1) is 12.9. The van der Waals surface area contributed by atoms with Crippen LogP contribution in [-0.4, -0.2) is 23.5 Å². The summed E-state index contributed by atoms with van der Waals surface area (Å²) in [7, 11) is 0. The van der Waals surface area contributed by atoms with Crippen LogP contribution < -0.4 is 4.74 Å². The van der Waals surface area contributed by atoms with Gasteiger partial charge in [-0.1, -0.05) is 30.4 Å². The van der Waals surface area contributed by atoms with E-state index < -0.39 is 0 Å². The molecule has 1 heterocycles. The molecule has 0 N–H and O–H groups in total. The molecule has 1 saturated carbocycles. The number of ether oxygens (including phenoxy) is 1. The van der Waals surface area contributed by atoms with E-state index in [-0.39, 0.29) is 12.0 Å². The van der Waals surface area contributed by atoms with Gasteiger partial charge in [0.25, 0.3) is 0 Å².